The van der Waals surface area contributed by atoms with Crippen molar-refractivity contribution in [3.05, 3.63) is 59.7 Å². The standard InChI is InChI=1S/C15H24Cl2N2O.C14H22Cl2N2O/c1-20-18-11-3-2-4-14-5-7-15(8-6-14)19(12-9-16)13-10-17;15-8-11-18(12-9-16)14-6-4-13(5-7-14)3-1-2-10-17-19/h5-8,18H,2-4,9-13H2,1H3;4-7,17,19H,1-3,8-12H2. The first-order chi connectivity index (χ1) is 19.1. The minimum absolute atomic E-state index is 0.604. The molecule has 0 aliphatic rings. The van der Waals surface area contributed by atoms with Gasteiger partial charge in [-0.15, -0.1) is 46.4 Å². The van der Waals surface area contributed by atoms with Gasteiger partial charge in [-0.25, -0.2) is 11.0 Å². The van der Waals surface area contributed by atoms with Crippen molar-refractivity contribution in [2.75, 3.05) is 79.7 Å². The highest BCUT2D eigenvalue weighted by molar-refractivity contribution is 6.19. The fraction of sp³-hybridized carbons (Fsp3) is 0.586. The smallest absolute Gasteiger partial charge is 0.0572 e. The molecule has 2 aromatic rings. The van der Waals surface area contributed by atoms with Crippen LogP contribution in [0.5, 0.6) is 0 Å². The van der Waals surface area contributed by atoms with Gasteiger partial charge in [0.2, 0.25) is 0 Å². The van der Waals surface area contributed by atoms with Gasteiger partial charge in [0, 0.05) is 74.2 Å². The van der Waals surface area contributed by atoms with Crippen molar-refractivity contribution < 1.29 is 10.0 Å². The molecule has 0 aromatic heterocycles. The number of hydrogen-bond acceptors (Lipinski definition) is 6. The van der Waals surface area contributed by atoms with Crippen LogP contribution in [0.4, 0.5) is 11.4 Å². The number of nitrogens with one attached hydrogen (secondary N) is 2. The summed E-state index contributed by atoms with van der Waals surface area (Å²) in [6.07, 6.45) is 6.44. The molecule has 2 aromatic carbocycles. The highest BCUT2D eigenvalue weighted by atomic mass is 35.5. The number of halogens is 4. The molecule has 0 spiro atoms. The van der Waals surface area contributed by atoms with E-state index in [0.717, 1.165) is 71.2 Å². The van der Waals surface area contributed by atoms with E-state index in [4.69, 9.17) is 56.4 Å². The molecule has 0 atom stereocenters. The molecule has 39 heavy (non-hydrogen) atoms. The number of rotatable bonds is 21. The van der Waals surface area contributed by atoms with Gasteiger partial charge in [0.05, 0.1) is 7.11 Å². The second-order valence-electron chi connectivity index (χ2n) is 8.98. The number of nitrogens with zero attached hydrogens (tertiary/aromatic N) is 2. The van der Waals surface area contributed by atoms with Gasteiger partial charge < -0.3 is 19.8 Å². The summed E-state index contributed by atoms with van der Waals surface area (Å²) in [5.41, 5.74) is 10.1. The molecular formula is C29H46Cl4N4O2. The third kappa shape index (κ3) is 16.8. The summed E-state index contributed by atoms with van der Waals surface area (Å²) in [5.74, 6) is 2.44. The molecule has 6 nitrogen and oxygen atoms in total. The van der Waals surface area contributed by atoms with E-state index in [1.807, 2.05) is 0 Å². The summed E-state index contributed by atoms with van der Waals surface area (Å²) in [6.45, 7) is 4.84. The van der Waals surface area contributed by atoms with E-state index in [9.17, 15) is 0 Å². The Hall–Kier alpha value is -0.960. The van der Waals surface area contributed by atoms with Crippen LogP contribution in [0.15, 0.2) is 48.5 Å². The second kappa shape index (κ2) is 24.8. The van der Waals surface area contributed by atoms with Gasteiger partial charge in [-0.1, -0.05) is 24.3 Å². The maximum Gasteiger partial charge on any atom is 0.0572 e. The van der Waals surface area contributed by atoms with Gasteiger partial charge in [-0.3, -0.25) is 0 Å². The molecule has 222 valence electrons. The van der Waals surface area contributed by atoms with Gasteiger partial charge in [0.1, 0.15) is 0 Å². The molecule has 0 saturated heterocycles. The monoisotopic (exact) mass is 622 g/mol. The zero-order chi connectivity index (χ0) is 28.6. The molecule has 0 unspecified atom stereocenters. The van der Waals surface area contributed by atoms with Gasteiger partial charge >= 0.3 is 0 Å². The Bertz CT molecular complexity index is 804. The normalized spacial score (nSPS) is 10.7. The van der Waals surface area contributed by atoms with Crippen molar-refractivity contribution in [2.45, 2.75) is 38.5 Å². The predicted molar refractivity (Wildman–Crippen MR) is 171 cm³/mol. The Morgan fingerprint density at radius 2 is 1.00 bits per heavy atom. The lowest BCUT2D eigenvalue weighted by molar-refractivity contribution is 0.0906. The highest BCUT2D eigenvalue weighted by Crippen LogP contribution is 2.18. The molecule has 0 fully saturated rings. The average molecular weight is 625 g/mol. The predicted octanol–water partition coefficient (Wildman–Crippen LogP) is 6.72. The Morgan fingerprint density at radius 1 is 0.615 bits per heavy atom. The third-order valence-electron chi connectivity index (χ3n) is 6.16. The van der Waals surface area contributed by atoms with Crippen molar-refractivity contribution in [2.24, 2.45) is 0 Å². The van der Waals surface area contributed by atoms with Crippen LogP contribution in [0.2, 0.25) is 0 Å². The molecule has 0 amide bonds. The van der Waals surface area contributed by atoms with E-state index >= 15 is 0 Å². The number of benzene rings is 2. The molecule has 0 heterocycles. The van der Waals surface area contributed by atoms with E-state index in [2.05, 4.69) is 69.3 Å². The first kappa shape index (κ1) is 36.1. The Kier molecular flexibility index (Phi) is 22.9. The lowest BCUT2D eigenvalue weighted by Crippen LogP contribution is -2.27. The summed E-state index contributed by atoms with van der Waals surface area (Å²) < 4.78 is 0. The molecule has 0 aliphatic heterocycles. The molecular weight excluding hydrogens is 578 g/mol. The van der Waals surface area contributed by atoms with E-state index < -0.39 is 0 Å². The topological polar surface area (TPSA) is 60.0 Å². The SMILES string of the molecule is CONCCCCc1ccc(N(CCCl)CCCl)cc1.ONCCCCc1ccc(N(CCCl)CCCl)cc1. The number of alkyl halides is 4. The number of unbranched alkanes of at least 4 members (excludes halogenated alkanes) is 2. The van der Waals surface area contributed by atoms with Crippen LogP contribution in [0.25, 0.3) is 0 Å². The average Bonchev–Trinajstić information content (AvgIpc) is 2.96. The van der Waals surface area contributed by atoms with E-state index in [0.29, 0.717) is 30.1 Å². The van der Waals surface area contributed by atoms with Crippen molar-refractivity contribution >= 4 is 57.8 Å². The van der Waals surface area contributed by atoms with Crippen LogP contribution in [0.1, 0.15) is 36.8 Å². The summed E-state index contributed by atoms with van der Waals surface area (Å²) in [5, 5.41) is 8.48. The number of hydrogen-bond donors (Lipinski definition) is 3. The fourth-order valence-electron chi connectivity index (χ4n) is 4.06. The van der Waals surface area contributed by atoms with Crippen LogP contribution >= 0.6 is 46.4 Å². The minimum Gasteiger partial charge on any atom is -0.369 e. The Labute approximate surface area is 255 Å². The largest absolute Gasteiger partial charge is 0.369 e. The first-order valence-electron chi connectivity index (χ1n) is 13.7. The number of anilines is 2. The maximum absolute atomic E-state index is 8.48. The van der Waals surface area contributed by atoms with Crippen LogP contribution in [-0.4, -0.2) is 75.1 Å². The van der Waals surface area contributed by atoms with Gasteiger partial charge in [-0.2, -0.15) is 0 Å². The molecule has 0 radical (unpaired) electrons. The Morgan fingerprint density at radius 3 is 1.33 bits per heavy atom. The zero-order valence-electron chi connectivity index (χ0n) is 23.2. The summed E-state index contributed by atoms with van der Waals surface area (Å²) in [7, 11) is 1.65. The molecule has 10 heteroatoms. The van der Waals surface area contributed by atoms with Crippen LogP contribution in [-0.2, 0) is 17.7 Å². The van der Waals surface area contributed by atoms with Gasteiger partial charge in [0.25, 0.3) is 0 Å². The zero-order valence-corrected chi connectivity index (χ0v) is 26.2. The van der Waals surface area contributed by atoms with Gasteiger partial charge in [-0.05, 0) is 73.9 Å². The highest BCUT2D eigenvalue weighted by Gasteiger charge is 2.06. The first-order valence-corrected chi connectivity index (χ1v) is 15.8. The minimum atomic E-state index is 0.604. The quantitative estimate of drug-likeness (QED) is 0.0816. The molecule has 0 saturated carbocycles. The van der Waals surface area contributed by atoms with Crippen molar-refractivity contribution in [1.82, 2.24) is 11.0 Å². The van der Waals surface area contributed by atoms with Crippen molar-refractivity contribution in [3.8, 4) is 0 Å². The lowest BCUT2D eigenvalue weighted by Gasteiger charge is -2.23. The summed E-state index contributed by atoms with van der Waals surface area (Å²) in [4.78, 5) is 9.21. The Balaban J connectivity index is 0.000000391. The van der Waals surface area contributed by atoms with Crippen molar-refractivity contribution in [3.63, 3.8) is 0 Å². The maximum atomic E-state index is 8.48. The molecule has 0 aliphatic carbocycles. The van der Waals surface area contributed by atoms with Crippen LogP contribution in [0, 0.1) is 0 Å². The number of hydroxylamine groups is 2. The van der Waals surface area contributed by atoms with E-state index in [-0.39, 0.29) is 0 Å². The third-order valence-corrected chi connectivity index (χ3v) is 6.84. The lowest BCUT2D eigenvalue weighted by atomic mass is 10.1. The summed E-state index contributed by atoms with van der Waals surface area (Å²) in [6, 6.07) is 17.2. The second-order valence-corrected chi connectivity index (χ2v) is 10.5. The summed E-state index contributed by atoms with van der Waals surface area (Å²) >= 11 is 23.2. The van der Waals surface area contributed by atoms with Crippen LogP contribution in [0.3, 0.4) is 0 Å². The van der Waals surface area contributed by atoms with Crippen molar-refractivity contribution in [1.29, 1.82) is 0 Å². The molecule has 0 bridgehead atoms. The van der Waals surface area contributed by atoms with E-state index in [1.54, 1.807) is 7.11 Å². The van der Waals surface area contributed by atoms with E-state index in [1.165, 1.54) is 22.5 Å². The fourth-order valence-corrected chi connectivity index (χ4v) is 4.87. The molecule has 3 N–H and O–H groups in total. The van der Waals surface area contributed by atoms with Gasteiger partial charge in [0.15, 0.2) is 0 Å². The number of aryl methyl sites for hydroxylation is 2. The molecule has 2 rings (SSSR count). The van der Waals surface area contributed by atoms with Crippen LogP contribution < -0.4 is 20.8 Å².